The fourth-order valence-electron chi connectivity index (χ4n) is 1.73. The number of unbranched alkanes of at least 4 members (excludes halogenated alkanes) is 1. The fraction of sp³-hybridized carbons (Fsp3) is 0.600. The molecule has 0 fully saturated rings. The summed E-state index contributed by atoms with van der Waals surface area (Å²) in [5.74, 6) is 0.239. The molecule has 6 heteroatoms. The molecule has 0 aliphatic heterocycles. The van der Waals surface area contributed by atoms with Crippen molar-refractivity contribution in [3.05, 3.63) is 29.8 Å². The Morgan fingerprint density at radius 2 is 1.90 bits per heavy atom. The number of nitrogens with one attached hydrogen (secondary N) is 1. The van der Waals surface area contributed by atoms with Gasteiger partial charge in [-0.05, 0) is 44.5 Å². The molecule has 0 heterocycles. The van der Waals surface area contributed by atoms with Gasteiger partial charge in [0.2, 0.25) is 0 Å². The molecule has 3 nitrogen and oxygen atoms in total. The van der Waals surface area contributed by atoms with Crippen LogP contribution in [0.2, 0.25) is 0 Å². The first-order valence-electron chi connectivity index (χ1n) is 7.12. The van der Waals surface area contributed by atoms with Crippen molar-refractivity contribution in [1.82, 2.24) is 5.32 Å². The predicted octanol–water partition coefficient (Wildman–Crippen LogP) is 3.49. The average Bonchev–Trinajstić information content (AvgIpc) is 2.45. The zero-order valence-corrected chi connectivity index (χ0v) is 12.2. The lowest BCUT2D eigenvalue weighted by molar-refractivity contribution is -0.137. The molecule has 0 aromatic heterocycles. The number of rotatable bonds is 10. The fourth-order valence-corrected chi connectivity index (χ4v) is 1.73. The Labute approximate surface area is 123 Å². The average molecular weight is 305 g/mol. The molecule has 120 valence electrons. The van der Waals surface area contributed by atoms with Gasteiger partial charge in [-0.2, -0.15) is 13.2 Å². The lowest BCUT2D eigenvalue weighted by Gasteiger charge is -2.10. The number of halogens is 3. The van der Waals surface area contributed by atoms with E-state index in [9.17, 15) is 13.2 Å². The SMILES string of the molecule is CCOCCCCNCCOc1cccc(C(F)(F)F)c1. The summed E-state index contributed by atoms with van der Waals surface area (Å²) in [7, 11) is 0. The maximum absolute atomic E-state index is 12.5. The third-order valence-electron chi connectivity index (χ3n) is 2.81. The smallest absolute Gasteiger partial charge is 0.416 e. The summed E-state index contributed by atoms with van der Waals surface area (Å²) in [5.41, 5.74) is -0.691. The highest BCUT2D eigenvalue weighted by Crippen LogP contribution is 2.31. The van der Waals surface area contributed by atoms with Gasteiger partial charge in [-0.1, -0.05) is 6.07 Å². The van der Waals surface area contributed by atoms with Gasteiger partial charge >= 0.3 is 6.18 Å². The first-order chi connectivity index (χ1) is 10.0. The number of hydrogen-bond acceptors (Lipinski definition) is 3. The van der Waals surface area contributed by atoms with Crippen LogP contribution in [0.4, 0.5) is 13.2 Å². The quantitative estimate of drug-likeness (QED) is 0.671. The molecule has 1 rings (SSSR count). The highest BCUT2D eigenvalue weighted by Gasteiger charge is 2.30. The van der Waals surface area contributed by atoms with Crippen LogP contribution >= 0.6 is 0 Å². The van der Waals surface area contributed by atoms with Gasteiger partial charge < -0.3 is 14.8 Å². The van der Waals surface area contributed by atoms with Crippen LogP contribution < -0.4 is 10.1 Å². The molecule has 1 aromatic carbocycles. The number of ether oxygens (including phenoxy) is 2. The van der Waals surface area contributed by atoms with E-state index in [1.807, 2.05) is 6.92 Å². The van der Waals surface area contributed by atoms with Crippen LogP contribution in [0.15, 0.2) is 24.3 Å². The lowest BCUT2D eigenvalue weighted by atomic mass is 10.2. The van der Waals surface area contributed by atoms with Crippen molar-refractivity contribution < 1.29 is 22.6 Å². The van der Waals surface area contributed by atoms with E-state index in [-0.39, 0.29) is 5.75 Å². The number of alkyl halides is 3. The molecule has 0 unspecified atom stereocenters. The molecule has 0 atom stereocenters. The minimum atomic E-state index is -4.34. The maximum Gasteiger partial charge on any atom is 0.416 e. The molecule has 0 saturated heterocycles. The van der Waals surface area contributed by atoms with E-state index in [1.54, 1.807) is 0 Å². The van der Waals surface area contributed by atoms with Crippen LogP contribution in [0.1, 0.15) is 25.3 Å². The van der Waals surface area contributed by atoms with Crippen molar-refractivity contribution in [3.63, 3.8) is 0 Å². The van der Waals surface area contributed by atoms with Crippen molar-refractivity contribution in [2.45, 2.75) is 25.9 Å². The molecule has 0 bridgehead atoms. The Morgan fingerprint density at radius 3 is 2.62 bits per heavy atom. The molecule has 0 amide bonds. The van der Waals surface area contributed by atoms with Crippen molar-refractivity contribution in [2.24, 2.45) is 0 Å². The van der Waals surface area contributed by atoms with Gasteiger partial charge in [0.1, 0.15) is 12.4 Å². The van der Waals surface area contributed by atoms with E-state index < -0.39 is 11.7 Å². The van der Waals surface area contributed by atoms with Crippen LogP contribution in [0, 0.1) is 0 Å². The Bertz CT molecular complexity index is 397. The molecule has 0 saturated carbocycles. The van der Waals surface area contributed by atoms with E-state index in [2.05, 4.69) is 5.32 Å². The zero-order chi connectivity index (χ0) is 15.6. The van der Waals surface area contributed by atoms with Crippen LogP contribution in [-0.4, -0.2) is 32.9 Å². The summed E-state index contributed by atoms with van der Waals surface area (Å²) in [6.45, 7) is 5.25. The second kappa shape index (κ2) is 9.63. The van der Waals surface area contributed by atoms with E-state index >= 15 is 0 Å². The van der Waals surface area contributed by atoms with Crippen LogP contribution in [0.3, 0.4) is 0 Å². The number of benzene rings is 1. The zero-order valence-electron chi connectivity index (χ0n) is 12.2. The largest absolute Gasteiger partial charge is 0.492 e. The highest BCUT2D eigenvalue weighted by atomic mass is 19.4. The summed E-state index contributed by atoms with van der Waals surface area (Å²) in [4.78, 5) is 0. The molecule has 21 heavy (non-hydrogen) atoms. The standard InChI is InChI=1S/C15H22F3NO2/c1-2-20-10-4-3-8-19-9-11-21-14-7-5-6-13(12-14)15(16,17)18/h5-7,12,19H,2-4,8-11H2,1H3. The molecular weight excluding hydrogens is 283 g/mol. The molecule has 1 aromatic rings. The topological polar surface area (TPSA) is 30.5 Å². The maximum atomic E-state index is 12.5. The van der Waals surface area contributed by atoms with Crippen molar-refractivity contribution in [3.8, 4) is 5.75 Å². The Hall–Kier alpha value is -1.27. The molecular formula is C15H22F3NO2. The number of hydrogen-bond donors (Lipinski definition) is 1. The Balaban J connectivity index is 2.13. The van der Waals surface area contributed by atoms with Crippen LogP contribution in [-0.2, 0) is 10.9 Å². The minimum Gasteiger partial charge on any atom is -0.492 e. The van der Waals surface area contributed by atoms with Crippen molar-refractivity contribution >= 4 is 0 Å². The highest BCUT2D eigenvalue weighted by molar-refractivity contribution is 5.30. The van der Waals surface area contributed by atoms with Gasteiger partial charge in [0.05, 0.1) is 5.56 Å². The Kier molecular flexibility index (Phi) is 8.15. The summed E-state index contributed by atoms with van der Waals surface area (Å²) >= 11 is 0. The van der Waals surface area contributed by atoms with Gasteiger partial charge in [-0.25, -0.2) is 0 Å². The van der Waals surface area contributed by atoms with Crippen LogP contribution in [0.25, 0.3) is 0 Å². The second-order valence-electron chi connectivity index (χ2n) is 4.53. The Morgan fingerprint density at radius 1 is 1.10 bits per heavy atom. The van der Waals surface area contributed by atoms with Crippen LogP contribution in [0.5, 0.6) is 5.75 Å². The molecule has 0 aliphatic rings. The molecule has 0 radical (unpaired) electrons. The van der Waals surface area contributed by atoms with Crippen molar-refractivity contribution in [1.29, 1.82) is 0 Å². The monoisotopic (exact) mass is 305 g/mol. The summed E-state index contributed by atoms with van der Waals surface area (Å²) in [5, 5.41) is 3.17. The third-order valence-corrected chi connectivity index (χ3v) is 2.81. The van der Waals surface area contributed by atoms with E-state index in [0.717, 1.165) is 44.7 Å². The molecule has 1 N–H and O–H groups in total. The van der Waals surface area contributed by atoms with Gasteiger partial charge in [0.25, 0.3) is 0 Å². The van der Waals surface area contributed by atoms with Gasteiger partial charge in [0, 0.05) is 19.8 Å². The van der Waals surface area contributed by atoms with E-state index in [1.165, 1.54) is 12.1 Å². The first-order valence-corrected chi connectivity index (χ1v) is 7.12. The lowest BCUT2D eigenvalue weighted by Crippen LogP contribution is -2.22. The second-order valence-corrected chi connectivity index (χ2v) is 4.53. The third kappa shape index (κ3) is 7.92. The predicted molar refractivity (Wildman–Crippen MR) is 75.5 cm³/mol. The van der Waals surface area contributed by atoms with Crippen molar-refractivity contribution in [2.75, 3.05) is 32.9 Å². The van der Waals surface area contributed by atoms with E-state index in [4.69, 9.17) is 9.47 Å². The normalized spacial score (nSPS) is 11.6. The first kappa shape index (κ1) is 17.8. The minimum absolute atomic E-state index is 0.239. The van der Waals surface area contributed by atoms with E-state index in [0.29, 0.717) is 13.2 Å². The molecule has 0 spiro atoms. The summed E-state index contributed by atoms with van der Waals surface area (Å²) < 4.78 is 48.0. The van der Waals surface area contributed by atoms with Gasteiger partial charge in [-0.3, -0.25) is 0 Å². The summed E-state index contributed by atoms with van der Waals surface area (Å²) in [6.07, 6.45) is -2.34. The van der Waals surface area contributed by atoms with Gasteiger partial charge in [0.15, 0.2) is 0 Å². The van der Waals surface area contributed by atoms with Gasteiger partial charge in [-0.15, -0.1) is 0 Å². The summed E-state index contributed by atoms with van der Waals surface area (Å²) in [6, 6.07) is 4.92. The molecule has 0 aliphatic carbocycles.